The molecule has 0 spiro atoms. The first kappa shape index (κ1) is 9.52. The molecule has 1 amide bonds. The number of hydrogen-bond donors (Lipinski definition) is 2. The first-order chi connectivity index (χ1) is 5.61. The van der Waals surface area contributed by atoms with Crippen molar-refractivity contribution in [3.63, 3.8) is 0 Å². The number of carbonyl (C=O) groups is 1. The predicted octanol–water partition coefficient (Wildman–Crippen LogP) is 0.640. The van der Waals surface area contributed by atoms with Gasteiger partial charge in [0.15, 0.2) is 0 Å². The van der Waals surface area contributed by atoms with Crippen LogP contribution in [0.2, 0.25) is 0 Å². The van der Waals surface area contributed by atoms with Crippen molar-refractivity contribution in [2.45, 2.75) is 38.1 Å². The lowest BCUT2D eigenvalue weighted by Gasteiger charge is -2.31. The summed E-state index contributed by atoms with van der Waals surface area (Å²) < 4.78 is 0. The fourth-order valence-corrected chi connectivity index (χ4v) is 2.03. The summed E-state index contributed by atoms with van der Waals surface area (Å²) in [6, 6.07) is 0. The molecule has 12 heavy (non-hydrogen) atoms. The SMILES string of the molecule is CNC(C)(C(N)=O)C1CCCC1. The molecule has 1 saturated carbocycles. The Hall–Kier alpha value is -0.570. The summed E-state index contributed by atoms with van der Waals surface area (Å²) in [5, 5.41) is 3.05. The van der Waals surface area contributed by atoms with E-state index in [1.54, 1.807) is 0 Å². The maximum Gasteiger partial charge on any atom is 0.237 e. The van der Waals surface area contributed by atoms with Crippen molar-refractivity contribution in [1.82, 2.24) is 5.32 Å². The Balaban J connectivity index is 2.70. The average Bonchev–Trinajstić information content (AvgIpc) is 2.54. The van der Waals surface area contributed by atoms with E-state index in [9.17, 15) is 4.79 Å². The Labute approximate surface area is 73.7 Å². The van der Waals surface area contributed by atoms with E-state index in [2.05, 4.69) is 5.32 Å². The normalized spacial score (nSPS) is 23.8. The first-order valence-electron chi connectivity index (χ1n) is 4.60. The van der Waals surface area contributed by atoms with Gasteiger partial charge in [-0.15, -0.1) is 0 Å². The molecule has 0 bridgehead atoms. The molecule has 0 heterocycles. The van der Waals surface area contributed by atoms with E-state index >= 15 is 0 Å². The number of nitrogens with one attached hydrogen (secondary N) is 1. The Morgan fingerprint density at radius 3 is 2.33 bits per heavy atom. The van der Waals surface area contributed by atoms with Gasteiger partial charge < -0.3 is 11.1 Å². The number of likely N-dealkylation sites (N-methyl/N-ethyl adjacent to an activating group) is 1. The van der Waals surface area contributed by atoms with Gasteiger partial charge in [0.05, 0.1) is 5.54 Å². The molecule has 0 radical (unpaired) electrons. The molecule has 3 N–H and O–H groups in total. The highest BCUT2D eigenvalue weighted by Crippen LogP contribution is 2.33. The quantitative estimate of drug-likeness (QED) is 0.653. The number of amides is 1. The zero-order valence-corrected chi connectivity index (χ0v) is 7.89. The Morgan fingerprint density at radius 2 is 2.00 bits per heavy atom. The lowest BCUT2D eigenvalue weighted by atomic mass is 9.84. The number of nitrogens with two attached hydrogens (primary N) is 1. The molecule has 0 saturated heterocycles. The highest BCUT2D eigenvalue weighted by Gasteiger charge is 2.39. The van der Waals surface area contributed by atoms with Crippen molar-refractivity contribution in [1.29, 1.82) is 0 Å². The minimum atomic E-state index is -0.490. The van der Waals surface area contributed by atoms with Gasteiger partial charge in [0.1, 0.15) is 0 Å². The van der Waals surface area contributed by atoms with Crippen LogP contribution >= 0.6 is 0 Å². The molecule has 70 valence electrons. The summed E-state index contributed by atoms with van der Waals surface area (Å²) in [6.45, 7) is 1.91. The number of carbonyl (C=O) groups excluding carboxylic acids is 1. The molecule has 0 aromatic heterocycles. The smallest absolute Gasteiger partial charge is 0.237 e. The maximum absolute atomic E-state index is 11.2. The largest absolute Gasteiger partial charge is 0.368 e. The molecular weight excluding hydrogens is 152 g/mol. The van der Waals surface area contributed by atoms with Gasteiger partial charge in [-0.2, -0.15) is 0 Å². The zero-order chi connectivity index (χ0) is 9.19. The van der Waals surface area contributed by atoms with Crippen molar-refractivity contribution in [2.75, 3.05) is 7.05 Å². The van der Waals surface area contributed by atoms with E-state index in [-0.39, 0.29) is 5.91 Å². The second-order valence-corrected chi connectivity index (χ2v) is 3.80. The van der Waals surface area contributed by atoms with Crippen LogP contribution in [0.4, 0.5) is 0 Å². The van der Waals surface area contributed by atoms with E-state index in [1.807, 2.05) is 14.0 Å². The topological polar surface area (TPSA) is 55.1 Å². The molecule has 0 aliphatic heterocycles. The lowest BCUT2D eigenvalue weighted by molar-refractivity contribution is -0.125. The van der Waals surface area contributed by atoms with E-state index in [0.29, 0.717) is 5.92 Å². The van der Waals surface area contributed by atoms with Gasteiger partial charge >= 0.3 is 0 Å². The summed E-state index contributed by atoms with van der Waals surface area (Å²) in [6.07, 6.45) is 4.71. The van der Waals surface area contributed by atoms with E-state index in [1.165, 1.54) is 12.8 Å². The molecular formula is C9H18N2O. The van der Waals surface area contributed by atoms with Gasteiger partial charge in [-0.05, 0) is 32.7 Å². The Bertz CT molecular complexity index is 175. The monoisotopic (exact) mass is 170 g/mol. The molecule has 1 fully saturated rings. The maximum atomic E-state index is 11.2. The highest BCUT2D eigenvalue weighted by atomic mass is 16.1. The van der Waals surface area contributed by atoms with Gasteiger partial charge in [-0.25, -0.2) is 0 Å². The van der Waals surface area contributed by atoms with Crippen molar-refractivity contribution in [3.8, 4) is 0 Å². The second kappa shape index (κ2) is 3.44. The molecule has 1 atom stereocenters. The highest BCUT2D eigenvalue weighted by molar-refractivity contribution is 5.84. The van der Waals surface area contributed by atoms with Crippen LogP contribution in [-0.4, -0.2) is 18.5 Å². The van der Waals surface area contributed by atoms with E-state index in [0.717, 1.165) is 12.8 Å². The van der Waals surface area contributed by atoms with Gasteiger partial charge in [0.25, 0.3) is 0 Å². The minimum Gasteiger partial charge on any atom is -0.368 e. The van der Waals surface area contributed by atoms with Crippen LogP contribution in [-0.2, 0) is 4.79 Å². The van der Waals surface area contributed by atoms with Crippen LogP contribution in [0.3, 0.4) is 0 Å². The van der Waals surface area contributed by atoms with Crippen LogP contribution in [0.1, 0.15) is 32.6 Å². The average molecular weight is 170 g/mol. The van der Waals surface area contributed by atoms with E-state index in [4.69, 9.17) is 5.73 Å². The van der Waals surface area contributed by atoms with Gasteiger partial charge in [0.2, 0.25) is 5.91 Å². The summed E-state index contributed by atoms with van der Waals surface area (Å²) in [4.78, 5) is 11.2. The second-order valence-electron chi connectivity index (χ2n) is 3.80. The van der Waals surface area contributed by atoms with E-state index < -0.39 is 5.54 Å². The van der Waals surface area contributed by atoms with Crippen LogP contribution in [0.25, 0.3) is 0 Å². The fraction of sp³-hybridized carbons (Fsp3) is 0.889. The first-order valence-corrected chi connectivity index (χ1v) is 4.60. The molecule has 0 aromatic rings. The molecule has 1 aliphatic rings. The Morgan fingerprint density at radius 1 is 1.50 bits per heavy atom. The summed E-state index contributed by atoms with van der Waals surface area (Å²) >= 11 is 0. The molecule has 3 nitrogen and oxygen atoms in total. The Kier molecular flexibility index (Phi) is 2.73. The summed E-state index contributed by atoms with van der Waals surface area (Å²) in [7, 11) is 1.81. The minimum absolute atomic E-state index is 0.225. The van der Waals surface area contributed by atoms with Gasteiger partial charge in [0, 0.05) is 0 Å². The molecule has 1 aliphatic carbocycles. The standard InChI is InChI=1S/C9H18N2O/c1-9(11-2,8(10)12)7-5-3-4-6-7/h7,11H,3-6H2,1-2H3,(H2,10,12). The third kappa shape index (κ3) is 1.46. The van der Waals surface area contributed by atoms with Gasteiger partial charge in [-0.3, -0.25) is 4.79 Å². The van der Waals surface area contributed by atoms with Crippen molar-refractivity contribution < 1.29 is 4.79 Å². The van der Waals surface area contributed by atoms with Crippen molar-refractivity contribution in [3.05, 3.63) is 0 Å². The van der Waals surface area contributed by atoms with Crippen LogP contribution < -0.4 is 11.1 Å². The molecule has 1 rings (SSSR count). The molecule has 3 heteroatoms. The van der Waals surface area contributed by atoms with Gasteiger partial charge in [-0.1, -0.05) is 12.8 Å². The van der Waals surface area contributed by atoms with Crippen molar-refractivity contribution in [2.24, 2.45) is 11.7 Å². The van der Waals surface area contributed by atoms with Crippen LogP contribution in [0.5, 0.6) is 0 Å². The third-order valence-electron chi connectivity index (χ3n) is 3.20. The van der Waals surface area contributed by atoms with Crippen LogP contribution in [0.15, 0.2) is 0 Å². The van der Waals surface area contributed by atoms with Crippen LogP contribution in [0, 0.1) is 5.92 Å². The zero-order valence-electron chi connectivity index (χ0n) is 7.89. The molecule has 1 unspecified atom stereocenters. The lowest BCUT2D eigenvalue weighted by Crippen LogP contribution is -2.56. The number of primary amides is 1. The molecule has 0 aromatic carbocycles. The van der Waals surface area contributed by atoms with Crippen molar-refractivity contribution >= 4 is 5.91 Å². The predicted molar refractivity (Wildman–Crippen MR) is 48.6 cm³/mol. The third-order valence-corrected chi connectivity index (χ3v) is 3.20. The summed E-state index contributed by atoms with van der Waals surface area (Å²) in [5.74, 6) is 0.205. The number of hydrogen-bond acceptors (Lipinski definition) is 2. The summed E-state index contributed by atoms with van der Waals surface area (Å²) in [5.41, 5.74) is 4.87. The fourth-order valence-electron chi connectivity index (χ4n) is 2.03. The number of rotatable bonds is 3.